The van der Waals surface area contributed by atoms with Crippen molar-refractivity contribution < 1.29 is 4.79 Å². The fourth-order valence-electron chi connectivity index (χ4n) is 2.74. The van der Waals surface area contributed by atoms with E-state index in [1.54, 1.807) is 6.20 Å². The summed E-state index contributed by atoms with van der Waals surface area (Å²) in [5.41, 5.74) is 2.05. The molecular weight excluding hydrogens is 312 g/mol. The molecule has 2 aromatic rings. The Morgan fingerprint density at radius 2 is 2.26 bits per heavy atom. The highest BCUT2D eigenvalue weighted by Crippen LogP contribution is 2.17. The number of likely N-dealkylation sites (tertiary alicyclic amines) is 1. The largest absolute Gasteiger partial charge is 0.349 e. The number of nitrogens with zero attached hydrogens (tertiary/aromatic N) is 3. The molecule has 1 N–H and O–H groups in total. The lowest BCUT2D eigenvalue weighted by Gasteiger charge is -2.17. The molecule has 1 unspecified atom stereocenters. The summed E-state index contributed by atoms with van der Waals surface area (Å²) >= 11 is 5.99. The molecule has 5 nitrogen and oxygen atoms in total. The molecule has 0 aliphatic carbocycles. The molecular formula is C17H19ClN4O. The minimum absolute atomic E-state index is 0.0589. The van der Waals surface area contributed by atoms with Gasteiger partial charge in [0.05, 0.1) is 6.04 Å². The van der Waals surface area contributed by atoms with Gasteiger partial charge in [0.25, 0.3) is 0 Å². The second kappa shape index (κ2) is 6.96. The lowest BCUT2D eigenvalue weighted by molar-refractivity contribution is -0.127. The molecule has 1 amide bonds. The van der Waals surface area contributed by atoms with E-state index in [0.29, 0.717) is 25.5 Å². The minimum atomic E-state index is 0.0589. The summed E-state index contributed by atoms with van der Waals surface area (Å²) in [5, 5.41) is 3.97. The van der Waals surface area contributed by atoms with Crippen LogP contribution >= 0.6 is 11.6 Å². The predicted molar refractivity (Wildman–Crippen MR) is 90.5 cm³/mol. The number of aryl methyl sites for hydroxylation is 1. The number of carbonyl (C=O) groups is 1. The van der Waals surface area contributed by atoms with Gasteiger partial charge in [-0.05, 0) is 37.1 Å². The first-order valence-electron chi connectivity index (χ1n) is 7.68. The lowest BCUT2D eigenvalue weighted by atomic mass is 10.1. The summed E-state index contributed by atoms with van der Waals surface area (Å²) < 4.78 is 0. The van der Waals surface area contributed by atoms with E-state index in [-0.39, 0.29) is 11.9 Å². The third kappa shape index (κ3) is 4.20. The normalized spacial score (nSPS) is 17.6. The van der Waals surface area contributed by atoms with Crippen LogP contribution < -0.4 is 5.32 Å². The van der Waals surface area contributed by atoms with Crippen molar-refractivity contribution in [2.75, 3.05) is 18.4 Å². The van der Waals surface area contributed by atoms with E-state index in [0.717, 1.165) is 22.7 Å². The number of hydrogen-bond acceptors (Lipinski definition) is 4. The van der Waals surface area contributed by atoms with E-state index in [9.17, 15) is 4.79 Å². The lowest BCUT2D eigenvalue weighted by Crippen LogP contribution is -2.30. The zero-order chi connectivity index (χ0) is 16.2. The number of halogens is 1. The van der Waals surface area contributed by atoms with Gasteiger partial charge in [-0.2, -0.15) is 0 Å². The molecule has 0 spiro atoms. The van der Waals surface area contributed by atoms with E-state index in [1.807, 2.05) is 42.2 Å². The van der Waals surface area contributed by atoms with E-state index in [4.69, 9.17) is 11.6 Å². The molecule has 1 fully saturated rings. The van der Waals surface area contributed by atoms with Crippen LogP contribution in [0.4, 0.5) is 5.95 Å². The number of anilines is 1. The summed E-state index contributed by atoms with van der Waals surface area (Å²) in [5.74, 6) is 0.747. The van der Waals surface area contributed by atoms with Crippen LogP contribution in [-0.2, 0) is 11.2 Å². The first-order valence-corrected chi connectivity index (χ1v) is 8.06. The Balaban J connectivity index is 1.55. The molecule has 120 valence electrons. The number of carbonyl (C=O) groups excluding carboxylic acids is 1. The van der Waals surface area contributed by atoms with E-state index < -0.39 is 0 Å². The SMILES string of the molecule is Cc1ccnc(NC2CC(=O)N(CCc3cccc(Cl)c3)C2)n1. The fourth-order valence-corrected chi connectivity index (χ4v) is 2.96. The number of amides is 1. The van der Waals surface area contributed by atoms with Gasteiger partial charge in [-0.15, -0.1) is 0 Å². The molecule has 0 bridgehead atoms. The van der Waals surface area contributed by atoms with Crippen molar-refractivity contribution in [2.24, 2.45) is 0 Å². The van der Waals surface area contributed by atoms with Crippen LogP contribution in [0.15, 0.2) is 36.5 Å². The van der Waals surface area contributed by atoms with Crippen molar-refractivity contribution in [3.8, 4) is 0 Å². The Morgan fingerprint density at radius 1 is 1.39 bits per heavy atom. The van der Waals surface area contributed by atoms with Gasteiger partial charge in [-0.3, -0.25) is 4.79 Å². The number of benzene rings is 1. The van der Waals surface area contributed by atoms with Gasteiger partial charge in [-0.25, -0.2) is 9.97 Å². The van der Waals surface area contributed by atoms with Crippen molar-refractivity contribution in [3.05, 3.63) is 52.8 Å². The number of rotatable bonds is 5. The molecule has 1 aliphatic heterocycles. The Labute approximate surface area is 140 Å². The van der Waals surface area contributed by atoms with Crippen LogP contribution in [-0.4, -0.2) is 39.9 Å². The Morgan fingerprint density at radius 3 is 3.04 bits per heavy atom. The van der Waals surface area contributed by atoms with E-state index in [2.05, 4.69) is 15.3 Å². The van der Waals surface area contributed by atoms with Gasteiger partial charge < -0.3 is 10.2 Å². The number of nitrogens with one attached hydrogen (secondary N) is 1. The van der Waals surface area contributed by atoms with Crippen molar-refractivity contribution in [3.63, 3.8) is 0 Å². The maximum Gasteiger partial charge on any atom is 0.224 e. The first kappa shape index (κ1) is 15.7. The third-order valence-electron chi connectivity index (χ3n) is 3.90. The average Bonchev–Trinajstić information content (AvgIpc) is 2.85. The van der Waals surface area contributed by atoms with Gasteiger partial charge in [0, 0.05) is 36.4 Å². The molecule has 23 heavy (non-hydrogen) atoms. The maximum atomic E-state index is 12.1. The summed E-state index contributed by atoms with van der Waals surface area (Å²) in [6.45, 7) is 3.30. The van der Waals surface area contributed by atoms with Crippen molar-refractivity contribution in [1.29, 1.82) is 0 Å². The van der Waals surface area contributed by atoms with Gasteiger partial charge in [0.1, 0.15) is 0 Å². The van der Waals surface area contributed by atoms with Gasteiger partial charge in [-0.1, -0.05) is 23.7 Å². The second-order valence-electron chi connectivity index (χ2n) is 5.79. The molecule has 1 aromatic carbocycles. The van der Waals surface area contributed by atoms with Crippen molar-refractivity contribution in [2.45, 2.75) is 25.8 Å². The van der Waals surface area contributed by atoms with Crippen molar-refractivity contribution in [1.82, 2.24) is 14.9 Å². The summed E-state index contributed by atoms with van der Waals surface area (Å²) in [6, 6.07) is 9.67. The van der Waals surface area contributed by atoms with E-state index in [1.165, 1.54) is 0 Å². The van der Waals surface area contributed by atoms with Gasteiger partial charge in [0.15, 0.2) is 0 Å². The van der Waals surface area contributed by atoms with Crippen LogP contribution in [0.3, 0.4) is 0 Å². The van der Waals surface area contributed by atoms with Crippen LogP contribution in [0.2, 0.25) is 5.02 Å². The van der Waals surface area contributed by atoms with Gasteiger partial charge >= 0.3 is 0 Å². The smallest absolute Gasteiger partial charge is 0.224 e. The molecule has 0 radical (unpaired) electrons. The van der Waals surface area contributed by atoms with Crippen LogP contribution in [0.5, 0.6) is 0 Å². The van der Waals surface area contributed by atoms with Crippen LogP contribution in [0.25, 0.3) is 0 Å². The molecule has 6 heteroatoms. The van der Waals surface area contributed by atoms with Crippen LogP contribution in [0.1, 0.15) is 17.7 Å². The van der Waals surface area contributed by atoms with Crippen molar-refractivity contribution >= 4 is 23.5 Å². The Hall–Kier alpha value is -2.14. The van der Waals surface area contributed by atoms with Crippen LogP contribution in [0, 0.1) is 6.92 Å². The van der Waals surface area contributed by atoms with Gasteiger partial charge in [0.2, 0.25) is 11.9 Å². The zero-order valence-electron chi connectivity index (χ0n) is 13.0. The molecule has 1 aliphatic rings. The highest BCUT2D eigenvalue weighted by Gasteiger charge is 2.29. The molecule has 3 rings (SSSR count). The fraction of sp³-hybridized carbons (Fsp3) is 0.353. The molecule has 1 atom stereocenters. The molecule has 0 saturated carbocycles. The quantitative estimate of drug-likeness (QED) is 0.915. The molecule has 2 heterocycles. The average molecular weight is 331 g/mol. The Bertz CT molecular complexity index is 706. The minimum Gasteiger partial charge on any atom is -0.349 e. The first-order chi connectivity index (χ1) is 11.1. The summed E-state index contributed by atoms with van der Waals surface area (Å²) in [7, 11) is 0. The summed E-state index contributed by atoms with van der Waals surface area (Å²) in [6.07, 6.45) is 3.01. The number of aromatic nitrogens is 2. The monoisotopic (exact) mass is 330 g/mol. The van der Waals surface area contributed by atoms with E-state index >= 15 is 0 Å². The highest BCUT2D eigenvalue weighted by molar-refractivity contribution is 6.30. The maximum absolute atomic E-state index is 12.1. The Kier molecular flexibility index (Phi) is 4.76. The third-order valence-corrected chi connectivity index (χ3v) is 4.14. The zero-order valence-corrected chi connectivity index (χ0v) is 13.8. The number of hydrogen-bond donors (Lipinski definition) is 1. The molecule has 1 saturated heterocycles. The standard InChI is InChI=1S/C17H19ClN4O/c1-12-5-7-19-17(20-12)21-15-10-16(23)22(11-15)8-6-13-3-2-4-14(18)9-13/h2-5,7,9,15H,6,8,10-11H2,1H3,(H,19,20,21). The highest BCUT2D eigenvalue weighted by atomic mass is 35.5. The predicted octanol–water partition coefficient (Wildman–Crippen LogP) is 2.69. The topological polar surface area (TPSA) is 58.1 Å². The summed E-state index contributed by atoms with van der Waals surface area (Å²) in [4.78, 5) is 22.5. The molecule has 1 aromatic heterocycles. The second-order valence-corrected chi connectivity index (χ2v) is 6.22.